The average Bonchev–Trinajstić information content (AvgIpc) is 2.92. The van der Waals surface area contributed by atoms with E-state index in [1.807, 2.05) is 0 Å². The summed E-state index contributed by atoms with van der Waals surface area (Å²) in [6, 6.07) is 14.7. The predicted molar refractivity (Wildman–Crippen MR) is 135 cm³/mol. The summed E-state index contributed by atoms with van der Waals surface area (Å²) in [6.07, 6.45) is 4.61. The molecule has 2 amide bonds. The number of ether oxygens (including phenoxy) is 2. The summed E-state index contributed by atoms with van der Waals surface area (Å²) < 4.78 is 25.5. The average molecular weight is 491 g/mol. The van der Waals surface area contributed by atoms with Crippen LogP contribution in [-0.2, 0) is 9.53 Å². The topological polar surface area (TPSA) is 107 Å². The Hall–Kier alpha value is -4.24. The number of nitrogens with one attached hydrogen (secondary N) is 1. The minimum Gasteiger partial charge on any atom is -0.492 e. The Morgan fingerprint density at radius 2 is 1.89 bits per heavy atom. The molecule has 3 aromatic rings. The maximum Gasteiger partial charge on any atom is 0.254 e. The number of carbonyl (C=O) groups excluding carboxylic acids is 2. The van der Waals surface area contributed by atoms with Crippen LogP contribution in [-0.4, -0.2) is 61.2 Å². The van der Waals surface area contributed by atoms with Crippen LogP contribution in [0.5, 0.6) is 5.75 Å². The molecule has 8 nitrogen and oxygen atoms in total. The molecule has 0 radical (unpaired) electrons. The Morgan fingerprint density at radius 3 is 2.61 bits per heavy atom. The van der Waals surface area contributed by atoms with Crippen LogP contribution in [0.2, 0.25) is 0 Å². The van der Waals surface area contributed by atoms with Gasteiger partial charge in [0.25, 0.3) is 5.91 Å². The largest absolute Gasteiger partial charge is 0.492 e. The Balaban J connectivity index is 1.30. The van der Waals surface area contributed by atoms with Crippen molar-refractivity contribution in [3.05, 3.63) is 83.8 Å². The number of pyridine rings is 1. The van der Waals surface area contributed by atoms with E-state index < -0.39 is 5.82 Å². The Morgan fingerprint density at radius 1 is 1.11 bits per heavy atom. The van der Waals surface area contributed by atoms with Crippen molar-refractivity contribution in [2.45, 2.75) is 0 Å². The maximum atomic E-state index is 14.5. The highest BCUT2D eigenvalue weighted by Gasteiger charge is 2.18. The lowest BCUT2D eigenvalue weighted by atomic mass is 10.0. The Kier molecular flexibility index (Phi) is 8.25. The summed E-state index contributed by atoms with van der Waals surface area (Å²) in [5.74, 6) is 0.141. The molecule has 0 aliphatic carbocycles. The maximum absolute atomic E-state index is 14.5. The second-order valence-corrected chi connectivity index (χ2v) is 8.11. The van der Waals surface area contributed by atoms with Crippen molar-refractivity contribution < 1.29 is 23.5 Å². The van der Waals surface area contributed by atoms with Gasteiger partial charge in [0.05, 0.1) is 19.8 Å². The third-order valence-corrected chi connectivity index (χ3v) is 5.59. The fourth-order valence-corrected chi connectivity index (χ4v) is 3.65. The molecular formula is C27H27FN4O4. The first-order valence-electron chi connectivity index (χ1n) is 11.6. The number of carbonyl (C=O) groups is 2. The lowest BCUT2D eigenvalue weighted by molar-refractivity contribution is -0.116. The van der Waals surface area contributed by atoms with E-state index in [9.17, 15) is 14.0 Å². The van der Waals surface area contributed by atoms with Crippen molar-refractivity contribution in [3.8, 4) is 16.9 Å². The van der Waals surface area contributed by atoms with Crippen LogP contribution in [0.3, 0.4) is 0 Å². The zero-order valence-corrected chi connectivity index (χ0v) is 19.7. The normalized spacial score (nSPS) is 13.5. The predicted octanol–water partition coefficient (Wildman–Crippen LogP) is 3.15. The fraction of sp³-hybridized carbons (Fsp3) is 0.222. The molecule has 1 fully saturated rings. The number of hydrogen-bond acceptors (Lipinski definition) is 6. The lowest BCUT2D eigenvalue weighted by Crippen LogP contribution is -2.40. The van der Waals surface area contributed by atoms with E-state index in [0.717, 1.165) is 5.56 Å². The molecule has 36 heavy (non-hydrogen) atoms. The minimum absolute atomic E-state index is 0.0653. The van der Waals surface area contributed by atoms with Crippen LogP contribution >= 0.6 is 0 Å². The summed E-state index contributed by atoms with van der Waals surface area (Å²) >= 11 is 0. The third kappa shape index (κ3) is 6.67. The number of nitrogens with two attached hydrogens (primary N) is 1. The van der Waals surface area contributed by atoms with E-state index in [0.29, 0.717) is 54.6 Å². The second-order valence-electron chi connectivity index (χ2n) is 8.11. The summed E-state index contributed by atoms with van der Waals surface area (Å²) in [5.41, 5.74) is 7.84. The van der Waals surface area contributed by atoms with Gasteiger partial charge in [-0.3, -0.25) is 9.59 Å². The van der Waals surface area contributed by atoms with E-state index in [1.54, 1.807) is 59.6 Å². The van der Waals surface area contributed by atoms with Crippen molar-refractivity contribution in [2.24, 2.45) is 0 Å². The number of halogens is 1. The quantitative estimate of drug-likeness (QED) is 0.371. The first-order valence-corrected chi connectivity index (χ1v) is 11.6. The molecule has 1 saturated heterocycles. The van der Waals surface area contributed by atoms with Gasteiger partial charge in [0.15, 0.2) is 0 Å². The minimum atomic E-state index is -0.398. The number of anilines is 1. The lowest BCUT2D eigenvalue weighted by Gasteiger charge is -2.26. The van der Waals surface area contributed by atoms with Gasteiger partial charge in [0.1, 0.15) is 24.0 Å². The van der Waals surface area contributed by atoms with Gasteiger partial charge in [-0.25, -0.2) is 9.37 Å². The van der Waals surface area contributed by atoms with Gasteiger partial charge in [-0.1, -0.05) is 12.1 Å². The van der Waals surface area contributed by atoms with Crippen molar-refractivity contribution in [2.75, 3.05) is 45.2 Å². The number of nitrogens with zero attached hydrogens (tertiary/aromatic N) is 2. The zero-order valence-electron chi connectivity index (χ0n) is 19.7. The number of hydrogen-bond donors (Lipinski definition) is 2. The van der Waals surface area contributed by atoms with Gasteiger partial charge >= 0.3 is 0 Å². The summed E-state index contributed by atoms with van der Waals surface area (Å²) in [7, 11) is 0. The fourth-order valence-electron chi connectivity index (χ4n) is 3.65. The van der Waals surface area contributed by atoms with Crippen molar-refractivity contribution in [1.29, 1.82) is 0 Å². The van der Waals surface area contributed by atoms with E-state index in [-0.39, 0.29) is 25.0 Å². The Bertz CT molecular complexity index is 1220. The number of aromatic nitrogens is 1. The standard InChI is InChI=1S/C27H27FN4O4/c28-24-8-7-22(36-14-11-30-26(33)10-2-19-1-9-25(29)31-18-19)17-23(24)20-3-5-21(6-4-20)27(34)32-12-15-35-16-13-32/h1-10,17-18H,11-16H2,(H2,29,31)(H,30,33)/b10-2+. The number of rotatable bonds is 8. The van der Waals surface area contributed by atoms with E-state index in [1.165, 1.54) is 18.2 Å². The van der Waals surface area contributed by atoms with Crippen LogP contribution in [0, 0.1) is 5.82 Å². The first-order chi connectivity index (χ1) is 17.5. The molecule has 0 unspecified atom stereocenters. The van der Waals surface area contributed by atoms with E-state index >= 15 is 0 Å². The third-order valence-electron chi connectivity index (χ3n) is 5.59. The van der Waals surface area contributed by atoms with Crippen LogP contribution in [0.4, 0.5) is 10.2 Å². The summed E-state index contributed by atoms with van der Waals surface area (Å²) in [6.45, 7) is 2.67. The highest BCUT2D eigenvalue weighted by Crippen LogP contribution is 2.27. The van der Waals surface area contributed by atoms with Crippen LogP contribution in [0.1, 0.15) is 15.9 Å². The van der Waals surface area contributed by atoms with Crippen LogP contribution in [0.15, 0.2) is 66.9 Å². The molecule has 9 heteroatoms. The molecule has 0 bridgehead atoms. The molecule has 3 N–H and O–H groups in total. The van der Waals surface area contributed by atoms with Gasteiger partial charge in [-0.05, 0) is 59.7 Å². The van der Waals surface area contributed by atoms with Gasteiger partial charge in [0, 0.05) is 36.5 Å². The molecule has 2 heterocycles. The highest BCUT2D eigenvalue weighted by atomic mass is 19.1. The zero-order chi connectivity index (χ0) is 25.3. The second kappa shape index (κ2) is 11.9. The van der Waals surface area contributed by atoms with Gasteiger partial charge in [-0.15, -0.1) is 0 Å². The molecule has 0 saturated carbocycles. The molecule has 1 aromatic heterocycles. The number of amides is 2. The van der Waals surface area contributed by atoms with E-state index in [4.69, 9.17) is 15.2 Å². The van der Waals surface area contributed by atoms with Crippen molar-refractivity contribution in [1.82, 2.24) is 15.2 Å². The number of benzene rings is 2. The van der Waals surface area contributed by atoms with Gasteiger partial charge < -0.3 is 25.4 Å². The van der Waals surface area contributed by atoms with Crippen molar-refractivity contribution >= 4 is 23.7 Å². The molecule has 1 aliphatic heterocycles. The molecule has 1 aliphatic rings. The Labute approximate surface area is 208 Å². The molecule has 0 spiro atoms. The first kappa shape index (κ1) is 24.9. The summed E-state index contributed by atoms with van der Waals surface area (Å²) in [4.78, 5) is 30.3. The molecular weight excluding hydrogens is 463 g/mol. The molecule has 186 valence electrons. The number of morpholine rings is 1. The summed E-state index contributed by atoms with van der Waals surface area (Å²) in [5, 5.41) is 2.72. The van der Waals surface area contributed by atoms with Gasteiger partial charge in [-0.2, -0.15) is 0 Å². The molecule has 0 atom stereocenters. The molecule has 2 aromatic carbocycles. The van der Waals surface area contributed by atoms with Crippen LogP contribution in [0.25, 0.3) is 17.2 Å². The smallest absolute Gasteiger partial charge is 0.254 e. The van der Waals surface area contributed by atoms with E-state index in [2.05, 4.69) is 10.3 Å². The highest BCUT2D eigenvalue weighted by molar-refractivity contribution is 5.95. The van der Waals surface area contributed by atoms with Gasteiger partial charge in [0.2, 0.25) is 5.91 Å². The monoisotopic (exact) mass is 490 g/mol. The SMILES string of the molecule is Nc1ccc(/C=C/C(=O)NCCOc2ccc(F)c(-c3ccc(C(=O)N4CCOCC4)cc3)c2)cn1. The van der Waals surface area contributed by atoms with Crippen molar-refractivity contribution in [3.63, 3.8) is 0 Å². The van der Waals surface area contributed by atoms with Crippen LogP contribution < -0.4 is 15.8 Å². The number of nitrogen functional groups attached to an aromatic ring is 1. The molecule has 4 rings (SSSR count).